The van der Waals surface area contributed by atoms with E-state index in [1.165, 1.54) is 0 Å². The molecule has 8 heteroatoms. The van der Waals surface area contributed by atoms with E-state index in [1.54, 1.807) is 44.6 Å². The number of amides is 2. The van der Waals surface area contributed by atoms with E-state index in [9.17, 15) is 4.79 Å². The van der Waals surface area contributed by atoms with Crippen molar-refractivity contribution in [3.05, 3.63) is 54.4 Å². The SMILES string of the molecule is COc1ccc(-c2noc(CNC(=O)Nc3ccccc3)n2)cc1OC. The Bertz CT molecular complexity index is 880. The summed E-state index contributed by atoms with van der Waals surface area (Å²) in [5.74, 6) is 1.86. The third kappa shape index (κ3) is 4.10. The maximum Gasteiger partial charge on any atom is 0.319 e. The number of hydrogen-bond donors (Lipinski definition) is 2. The van der Waals surface area contributed by atoms with Gasteiger partial charge in [0.15, 0.2) is 11.5 Å². The van der Waals surface area contributed by atoms with Crippen LogP contribution in [0.25, 0.3) is 11.4 Å². The Kier molecular flexibility index (Phi) is 5.33. The molecule has 3 rings (SSSR count). The molecule has 0 unspecified atom stereocenters. The van der Waals surface area contributed by atoms with E-state index < -0.39 is 0 Å². The van der Waals surface area contributed by atoms with Gasteiger partial charge in [-0.2, -0.15) is 4.98 Å². The highest BCUT2D eigenvalue weighted by molar-refractivity contribution is 5.89. The molecule has 2 amide bonds. The number of aromatic nitrogens is 2. The number of carbonyl (C=O) groups excluding carboxylic acids is 1. The minimum absolute atomic E-state index is 0.110. The van der Waals surface area contributed by atoms with Gasteiger partial charge in [-0.25, -0.2) is 4.79 Å². The summed E-state index contributed by atoms with van der Waals surface area (Å²) in [6.07, 6.45) is 0. The van der Waals surface area contributed by atoms with Crippen molar-refractivity contribution in [3.63, 3.8) is 0 Å². The van der Waals surface area contributed by atoms with Crippen molar-refractivity contribution in [2.24, 2.45) is 0 Å². The summed E-state index contributed by atoms with van der Waals surface area (Å²) in [5, 5.41) is 9.30. The Balaban J connectivity index is 1.62. The molecule has 0 aliphatic heterocycles. The van der Waals surface area contributed by atoms with Crippen LogP contribution in [0.5, 0.6) is 11.5 Å². The number of methoxy groups -OCH3 is 2. The van der Waals surface area contributed by atoms with E-state index in [1.807, 2.05) is 18.2 Å². The largest absolute Gasteiger partial charge is 0.493 e. The van der Waals surface area contributed by atoms with Crippen LogP contribution in [-0.4, -0.2) is 30.4 Å². The Morgan fingerprint density at radius 3 is 2.58 bits per heavy atom. The van der Waals surface area contributed by atoms with Crippen LogP contribution in [0.15, 0.2) is 53.1 Å². The lowest BCUT2D eigenvalue weighted by atomic mass is 10.2. The molecule has 0 aliphatic carbocycles. The average molecular weight is 354 g/mol. The zero-order valence-electron chi connectivity index (χ0n) is 14.4. The number of benzene rings is 2. The van der Waals surface area contributed by atoms with Crippen molar-refractivity contribution in [1.29, 1.82) is 0 Å². The maximum atomic E-state index is 11.9. The van der Waals surface area contributed by atoms with E-state index in [4.69, 9.17) is 14.0 Å². The van der Waals surface area contributed by atoms with Gasteiger partial charge >= 0.3 is 6.03 Å². The van der Waals surface area contributed by atoms with E-state index in [2.05, 4.69) is 20.8 Å². The second-order valence-electron chi connectivity index (χ2n) is 5.26. The molecule has 0 fully saturated rings. The number of urea groups is 1. The van der Waals surface area contributed by atoms with Gasteiger partial charge in [0.25, 0.3) is 0 Å². The predicted octanol–water partition coefficient (Wildman–Crippen LogP) is 3.08. The molecule has 1 aromatic heterocycles. The second kappa shape index (κ2) is 8.02. The Morgan fingerprint density at radius 2 is 1.85 bits per heavy atom. The van der Waals surface area contributed by atoms with Gasteiger partial charge < -0.3 is 24.6 Å². The molecule has 0 spiro atoms. The molecule has 2 N–H and O–H groups in total. The minimum Gasteiger partial charge on any atom is -0.493 e. The first-order valence-electron chi connectivity index (χ1n) is 7.84. The van der Waals surface area contributed by atoms with Crippen molar-refractivity contribution in [1.82, 2.24) is 15.5 Å². The summed E-state index contributed by atoms with van der Waals surface area (Å²) in [6, 6.07) is 14.1. The van der Waals surface area contributed by atoms with Gasteiger partial charge in [0, 0.05) is 11.3 Å². The number of ether oxygens (including phenoxy) is 2. The van der Waals surface area contributed by atoms with Crippen LogP contribution < -0.4 is 20.1 Å². The highest BCUT2D eigenvalue weighted by Gasteiger charge is 2.12. The van der Waals surface area contributed by atoms with Gasteiger partial charge in [-0.05, 0) is 30.3 Å². The summed E-state index contributed by atoms with van der Waals surface area (Å²) in [7, 11) is 3.12. The first-order chi connectivity index (χ1) is 12.7. The Morgan fingerprint density at radius 1 is 1.08 bits per heavy atom. The van der Waals surface area contributed by atoms with Crippen LogP contribution in [0.2, 0.25) is 0 Å². The smallest absolute Gasteiger partial charge is 0.319 e. The lowest BCUT2D eigenvalue weighted by Crippen LogP contribution is -2.28. The number of para-hydroxylation sites is 1. The molecule has 26 heavy (non-hydrogen) atoms. The van der Waals surface area contributed by atoms with Gasteiger partial charge in [0.2, 0.25) is 11.7 Å². The first kappa shape index (κ1) is 17.3. The third-order valence-corrected chi connectivity index (χ3v) is 3.54. The van der Waals surface area contributed by atoms with Crippen LogP contribution in [-0.2, 0) is 6.54 Å². The van der Waals surface area contributed by atoms with Crippen molar-refractivity contribution in [2.45, 2.75) is 6.54 Å². The molecule has 8 nitrogen and oxygen atoms in total. The highest BCUT2D eigenvalue weighted by Crippen LogP contribution is 2.31. The summed E-state index contributed by atoms with van der Waals surface area (Å²) in [4.78, 5) is 16.1. The summed E-state index contributed by atoms with van der Waals surface area (Å²) < 4.78 is 15.6. The fourth-order valence-electron chi connectivity index (χ4n) is 2.27. The molecule has 0 saturated carbocycles. The maximum absolute atomic E-state index is 11.9. The van der Waals surface area contributed by atoms with E-state index in [0.29, 0.717) is 28.6 Å². The molecule has 0 radical (unpaired) electrons. The predicted molar refractivity (Wildman–Crippen MR) is 95.1 cm³/mol. The normalized spacial score (nSPS) is 10.2. The van der Waals surface area contributed by atoms with Crippen LogP contribution in [0.1, 0.15) is 5.89 Å². The molecule has 0 aliphatic rings. The van der Waals surface area contributed by atoms with Crippen LogP contribution in [0.3, 0.4) is 0 Å². The van der Waals surface area contributed by atoms with Gasteiger partial charge in [0.1, 0.15) is 0 Å². The number of rotatable bonds is 6. The van der Waals surface area contributed by atoms with E-state index in [-0.39, 0.29) is 18.5 Å². The fraction of sp³-hybridized carbons (Fsp3) is 0.167. The second-order valence-corrected chi connectivity index (χ2v) is 5.26. The van der Waals surface area contributed by atoms with E-state index >= 15 is 0 Å². The number of nitrogens with zero attached hydrogens (tertiary/aromatic N) is 2. The van der Waals surface area contributed by atoms with Crippen LogP contribution >= 0.6 is 0 Å². The van der Waals surface area contributed by atoms with Crippen molar-refractivity contribution < 1.29 is 18.8 Å². The fourth-order valence-corrected chi connectivity index (χ4v) is 2.27. The Hall–Kier alpha value is -3.55. The molecule has 134 valence electrons. The third-order valence-electron chi connectivity index (χ3n) is 3.54. The van der Waals surface area contributed by atoms with Crippen LogP contribution in [0.4, 0.5) is 10.5 Å². The number of carbonyl (C=O) groups is 1. The number of anilines is 1. The van der Waals surface area contributed by atoms with Gasteiger partial charge in [0.05, 0.1) is 20.8 Å². The molecular formula is C18H18N4O4. The summed E-state index contributed by atoms with van der Waals surface area (Å²) in [6.45, 7) is 0.110. The van der Waals surface area contributed by atoms with Crippen molar-refractivity contribution >= 4 is 11.7 Å². The number of hydrogen-bond acceptors (Lipinski definition) is 6. The van der Waals surface area contributed by atoms with Gasteiger partial charge in [-0.3, -0.25) is 0 Å². The standard InChI is InChI=1S/C18H18N4O4/c1-24-14-9-8-12(10-15(14)25-2)17-21-16(26-22-17)11-19-18(23)20-13-6-4-3-5-7-13/h3-10H,11H2,1-2H3,(H2,19,20,23). The van der Waals surface area contributed by atoms with Crippen molar-refractivity contribution in [3.8, 4) is 22.9 Å². The summed E-state index contributed by atoms with van der Waals surface area (Å²) in [5.41, 5.74) is 1.41. The molecule has 0 bridgehead atoms. The first-order valence-corrected chi connectivity index (χ1v) is 7.84. The molecular weight excluding hydrogens is 336 g/mol. The minimum atomic E-state index is -0.359. The average Bonchev–Trinajstić information content (AvgIpc) is 3.15. The zero-order chi connectivity index (χ0) is 18.4. The Labute approximate surface area is 150 Å². The highest BCUT2D eigenvalue weighted by atomic mass is 16.5. The number of nitrogens with one attached hydrogen (secondary N) is 2. The summed E-state index contributed by atoms with van der Waals surface area (Å²) >= 11 is 0. The lowest BCUT2D eigenvalue weighted by Gasteiger charge is -2.07. The topological polar surface area (TPSA) is 98.5 Å². The van der Waals surface area contributed by atoms with E-state index in [0.717, 1.165) is 0 Å². The van der Waals surface area contributed by atoms with Crippen LogP contribution in [0, 0.1) is 0 Å². The lowest BCUT2D eigenvalue weighted by molar-refractivity contribution is 0.249. The monoisotopic (exact) mass is 354 g/mol. The van der Waals surface area contributed by atoms with Gasteiger partial charge in [-0.1, -0.05) is 23.4 Å². The van der Waals surface area contributed by atoms with Crippen molar-refractivity contribution in [2.75, 3.05) is 19.5 Å². The quantitative estimate of drug-likeness (QED) is 0.706. The molecule has 2 aromatic carbocycles. The zero-order valence-corrected chi connectivity index (χ0v) is 14.4. The molecule has 0 atom stereocenters. The molecule has 0 saturated heterocycles. The molecule has 3 aromatic rings. The van der Waals surface area contributed by atoms with Gasteiger partial charge in [-0.15, -0.1) is 0 Å². The molecule has 1 heterocycles.